The van der Waals surface area contributed by atoms with Crippen molar-refractivity contribution in [2.45, 2.75) is 39.9 Å². The molecule has 8 nitrogen and oxygen atoms in total. The lowest BCUT2D eigenvalue weighted by Gasteiger charge is -2.21. The van der Waals surface area contributed by atoms with Gasteiger partial charge in [-0.1, -0.05) is 11.2 Å². The number of oxime groups is 1. The molecule has 0 saturated heterocycles. The number of rotatable bonds is 8. The van der Waals surface area contributed by atoms with E-state index in [0.29, 0.717) is 0 Å². The summed E-state index contributed by atoms with van der Waals surface area (Å²) in [4.78, 5) is 28.4. The van der Waals surface area contributed by atoms with E-state index >= 15 is 0 Å². The summed E-state index contributed by atoms with van der Waals surface area (Å²) < 4.78 is 24.2. The van der Waals surface area contributed by atoms with Crippen molar-refractivity contribution in [1.29, 1.82) is 0 Å². The third kappa shape index (κ3) is 6.85. The van der Waals surface area contributed by atoms with Gasteiger partial charge in [-0.3, -0.25) is 9.36 Å². The van der Waals surface area contributed by atoms with Crippen LogP contribution in [0.15, 0.2) is 29.4 Å². The van der Waals surface area contributed by atoms with Gasteiger partial charge in [-0.2, -0.15) is 0 Å². The van der Waals surface area contributed by atoms with Gasteiger partial charge in [0.2, 0.25) is 0 Å². The molecule has 10 heteroatoms. The van der Waals surface area contributed by atoms with Gasteiger partial charge in [0.1, 0.15) is 0 Å². The molecule has 0 aromatic heterocycles. The molecular weight excluding hydrogens is 462 g/mol. The third-order valence-corrected chi connectivity index (χ3v) is 5.34. The Morgan fingerprint density at radius 3 is 2.16 bits per heavy atom. The summed E-state index contributed by atoms with van der Waals surface area (Å²) in [6.45, 7) is 6.42. The summed E-state index contributed by atoms with van der Waals surface area (Å²) in [5, 5.41) is 3.38. The zero-order chi connectivity index (χ0) is 19.2. The summed E-state index contributed by atoms with van der Waals surface area (Å²) in [5.74, 6) is -2.00. The molecule has 138 valence electrons. The van der Waals surface area contributed by atoms with Gasteiger partial charge in [-0.05, 0) is 68.5 Å². The average molecular weight is 482 g/mol. The second-order valence-electron chi connectivity index (χ2n) is 5.47. The Hall–Kier alpha value is -1.29. The van der Waals surface area contributed by atoms with E-state index in [1.54, 1.807) is 45.9 Å². The largest absolute Gasteiger partial charge is 0.389 e. The van der Waals surface area contributed by atoms with Crippen LogP contribution in [0.3, 0.4) is 0 Å². The maximum Gasteiger partial charge on any atom is 0.389 e. The number of amides is 1. The van der Waals surface area contributed by atoms with E-state index in [4.69, 9.17) is 19.6 Å². The van der Waals surface area contributed by atoms with Crippen molar-refractivity contribution in [2.24, 2.45) is 10.9 Å². The molecule has 0 aliphatic rings. The van der Waals surface area contributed by atoms with E-state index in [0.717, 1.165) is 3.57 Å². The fourth-order valence-corrected chi connectivity index (χ4v) is 3.98. The lowest BCUT2D eigenvalue weighted by molar-refractivity contribution is -0.111. The van der Waals surface area contributed by atoms with Crippen molar-refractivity contribution < 1.29 is 28.0 Å². The minimum atomic E-state index is -4.16. The second kappa shape index (κ2) is 9.42. The maximum absolute atomic E-state index is 12.9. The van der Waals surface area contributed by atoms with Gasteiger partial charge in [0.05, 0.1) is 17.8 Å². The maximum atomic E-state index is 12.9. The highest BCUT2D eigenvalue weighted by atomic mass is 127. The number of benzene rings is 1. The lowest BCUT2D eigenvalue weighted by Crippen LogP contribution is -2.27. The van der Waals surface area contributed by atoms with Crippen LogP contribution in [0, 0.1) is 3.57 Å². The Morgan fingerprint density at radius 2 is 1.72 bits per heavy atom. The van der Waals surface area contributed by atoms with Gasteiger partial charge in [0.15, 0.2) is 0 Å². The molecule has 25 heavy (non-hydrogen) atoms. The molecule has 0 saturated carbocycles. The Morgan fingerprint density at radius 1 is 1.16 bits per heavy atom. The van der Waals surface area contributed by atoms with E-state index in [1.165, 1.54) is 6.07 Å². The molecule has 0 heterocycles. The standard InChI is InChI=1S/C15H20IN2O6P/c1-9(2)23-25(21,24-10(3)4)14(13(17)19)18-22-15(20)11-6-5-7-12(16)8-11/h5-10H,1-4H3,(H2,17,19)/b18-14-. The zero-order valence-electron chi connectivity index (χ0n) is 14.3. The quantitative estimate of drug-likeness (QED) is 0.200. The summed E-state index contributed by atoms with van der Waals surface area (Å²) in [6, 6.07) is 6.53. The molecule has 0 bridgehead atoms. The van der Waals surface area contributed by atoms with Gasteiger partial charge in [-0.15, -0.1) is 0 Å². The summed E-state index contributed by atoms with van der Waals surface area (Å²) in [7, 11) is -4.16. The molecule has 2 N–H and O–H groups in total. The van der Waals surface area contributed by atoms with E-state index in [1.807, 2.05) is 22.6 Å². The van der Waals surface area contributed by atoms with Gasteiger partial charge < -0.3 is 19.6 Å². The molecule has 0 unspecified atom stereocenters. The fourth-order valence-electron chi connectivity index (χ4n) is 1.66. The van der Waals surface area contributed by atoms with Crippen molar-refractivity contribution in [3.63, 3.8) is 0 Å². The minimum Gasteiger partial charge on any atom is -0.364 e. The highest BCUT2D eigenvalue weighted by molar-refractivity contribution is 14.1. The number of hydrogen-bond acceptors (Lipinski definition) is 7. The van der Waals surface area contributed by atoms with Crippen molar-refractivity contribution in [2.75, 3.05) is 0 Å². The van der Waals surface area contributed by atoms with Crippen LogP contribution in [0.1, 0.15) is 38.1 Å². The minimum absolute atomic E-state index is 0.212. The first-order valence-corrected chi connectivity index (χ1v) is 9.99. The molecule has 0 fully saturated rings. The molecular formula is C15H20IN2O6P. The fraction of sp³-hybridized carbons (Fsp3) is 0.400. The molecule has 1 rings (SSSR count). The molecule has 0 spiro atoms. The predicted molar refractivity (Wildman–Crippen MR) is 101 cm³/mol. The molecule has 0 radical (unpaired) electrons. The van der Waals surface area contributed by atoms with Crippen LogP contribution >= 0.6 is 30.2 Å². The Bertz CT molecular complexity index is 706. The van der Waals surface area contributed by atoms with Crippen LogP contribution in [0.5, 0.6) is 0 Å². The lowest BCUT2D eigenvalue weighted by atomic mass is 10.2. The number of primary amides is 1. The van der Waals surface area contributed by atoms with Crippen LogP contribution < -0.4 is 5.73 Å². The Kier molecular flexibility index (Phi) is 8.20. The average Bonchev–Trinajstić information content (AvgIpc) is 2.44. The van der Waals surface area contributed by atoms with Crippen LogP contribution in [-0.2, 0) is 23.2 Å². The molecule has 0 aliphatic carbocycles. The highest BCUT2D eigenvalue weighted by Crippen LogP contribution is 2.52. The van der Waals surface area contributed by atoms with Crippen LogP contribution in [0.4, 0.5) is 0 Å². The van der Waals surface area contributed by atoms with E-state index in [2.05, 4.69) is 5.16 Å². The number of nitrogens with two attached hydrogens (primary N) is 1. The van der Waals surface area contributed by atoms with Gasteiger partial charge in [0, 0.05) is 3.57 Å². The summed E-state index contributed by atoms with van der Waals surface area (Å²) in [6.07, 6.45) is -1.08. The molecule has 1 amide bonds. The van der Waals surface area contributed by atoms with Crippen molar-refractivity contribution >= 4 is 47.5 Å². The van der Waals surface area contributed by atoms with Gasteiger partial charge >= 0.3 is 13.6 Å². The van der Waals surface area contributed by atoms with E-state index in [-0.39, 0.29) is 5.56 Å². The Labute approximate surface area is 159 Å². The van der Waals surface area contributed by atoms with E-state index in [9.17, 15) is 14.2 Å². The number of hydrogen-bond donors (Lipinski definition) is 1. The smallest absolute Gasteiger partial charge is 0.364 e. The molecule has 1 aromatic rings. The Balaban J connectivity index is 3.14. The summed E-state index contributed by atoms with van der Waals surface area (Å²) >= 11 is 2.03. The number of carbonyl (C=O) groups excluding carboxylic acids is 2. The van der Waals surface area contributed by atoms with Gasteiger partial charge in [0.25, 0.3) is 11.4 Å². The first-order chi connectivity index (χ1) is 11.5. The zero-order valence-corrected chi connectivity index (χ0v) is 17.3. The van der Waals surface area contributed by atoms with Gasteiger partial charge in [-0.25, -0.2) is 4.79 Å². The van der Waals surface area contributed by atoms with Crippen molar-refractivity contribution in [1.82, 2.24) is 0 Å². The number of halogens is 1. The predicted octanol–water partition coefficient (Wildman–Crippen LogP) is 3.29. The third-order valence-electron chi connectivity index (χ3n) is 2.45. The second-order valence-corrected chi connectivity index (χ2v) is 8.56. The first-order valence-electron chi connectivity index (χ1n) is 7.37. The van der Waals surface area contributed by atoms with Crippen molar-refractivity contribution in [3.8, 4) is 0 Å². The molecule has 0 atom stereocenters. The van der Waals surface area contributed by atoms with Crippen molar-refractivity contribution in [3.05, 3.63) is 33.4 Å². The molecule has 1 aromatic carbocycles. The molecule has 0 aliphatic heterocycles. The monoisotopic (exact) mass is 482 g/mol. The normalized spacial score (nSPS) is 12.5. The van der Waals surface area contributed by atoms with Crippen LogP contribution in [0.2, 0.25) is 0 Å². The number of nitrogens with zero attached hydrogens (tertiary/aromatic N) is 1. The number of carbonyl (C=O) groups is 2. The highest BCUT2D eigenvalue weighted by Gasteiger charge is 2.39. The van der Waals surface area contributed by atoms with E-state index < -0.39 is 37.1 Å². The summed E-state index contributed by atoms with van der Waals surface area (Å²) in [5.41, 5.74) is 4.67. The SMILES string of the molecule is CC(C)OP(=O)(OC(C)C)/C(=N\OC(=O)c1cccc(I)c1)C(N)=O. The first kappa shape index (κ1) is 21.8. The van der Waals surface area contributed by atoms with Crippen LogP contribution in [-0.4, -0.2) is 29.5 Å². The van der Waals surface area contributed by atoms with Crippen LogP contribution in [0.25, 0.3) is 0 Å². The topological polar surface area (TPSA) is 117 Å².